The van der Waals surface area contributed by atoms with Crippen LogP contribution < -0.4 is 4.74 Å². The van der Waals surface area contributed by atoms with Crippen LogP contribution in [0.15, 0.2) is 41.0 Å². The van der Waals surface area contributed by atoms with Crippen LogP contribution in [-0.4, -0.2) is 10.1 Å². The number of hydrogen-bond donors (Lipinski definition) is 1. The number of pyridine rings is 1. The number of aromatic nitrogens is 1. The van der Waals surface area contributed by atoms with Crippen LogP contribution >= 0.6 is 15.9 Å². The van der Waals surface area contributed by atoms with Crippen molar-refractivity contribution in [2.24, 2.45) is 0 Å². The zero-order valence-corrected chi connectivity index (χ0v) is 10.9. The largest absolute Gasteiger partial charge is 0.439 e. The van der Waals surface area contributed by atoms with Gasteiger partial charge in [-0.05, 0) is 46.1 Å². The second-order valence-corrected chi connectivity index (χ2v) is 4.53. The molecule has 88 valence electrons. The van der Waals surface area contributed by atoms with Gasteiger partial charge >= 0.3 is 0 Å². The van der Waals surface area contributed by atoms with E-state index in [4.69, 9.17) is 9.84 Å². The van der Waals surface area contributed by atoms with Gasteiger partial charge in [-0.15, -0.1) is 0 Å². The summed E-state index contributed by atoms with van der Waals surface area (Å²) in [4.78, 5) is 4.16. The van der Waals surface area contributed by atoms with E-state index >= 15 is 0 Å². The van der Waals surface area contributed by atoms with Crippen molar-refractivity contribution in [1.82, 2.24) is 4.98 Å². The monoisotopic (exact) mass is 293 g/mol. The molecule has 0 radical (unpaired) electrons. The van der Waals surface area contributed by atoms with Crippen molar-refractivity contribution in [3.8, 4) is 11.6 Å². The van der Waals surface area contributed by atoms with Crippen LogP contribution in [0.3, 0.4) is 0 Å². The molecule has 0 unspecified atom stereocenters. The van der Waals surface area contributed by atoms with Gasteiger partial charge < -0.3 is 9.84 Å². The third-order valence-corrected chi connectivity index (χ3v) is 3.16. The second-order valence-electron chi connectivity index (χ2n) is 3.68. The molecule has 0 bridgehead atoms. The van der Waals surface area contributed by atoms with E-state index < -0.39 is 0 Å². The molecule has 1 aromatic heterocycles. The average Bonchev–Trinajstić information content (AvgIpc) is 2.34. The Balaban J connectivity index is 2.22. The lowest BCUT2D eigenvalue weighted by Crippen LogP contribution is -1.90. The normalized spacial score (nSPS) is 10.3. The second kappa shape index (κ2) is 5.29. The van der Waals surface area contributed by atoms with Crippen LogP contribution in [0.25, 0.3) is 0 Å². The number of hydrogen-bond acceptors (Lipinski definition) is 3. The van der Waals surface area contributed by atoms with Crippen molar-refractivity contribution >= 4 is 15.9 Å². The average molecular weight is 294 g/mol. The van der Waals surface area contributed by atoms with Crippen molar-refractivity contribution < 1.29 is 9.84 Å². The Morgan fingerprint density at radius 2 is 2.18 bits per heavy atom. The SMILES string of the molecule is Cc1cc(Oc2cccc(CO)c2)ncc1Br. The molecule has 0 fully saturated rings. The molecule has 1 heterocycles. The number of aryl methyl sites for hydroxylation is 1. The summed E-state index contributed by atoms with van der Waals surface area (Å²) in [5.74, 6) is 1.21. The Labute approximate surface area is 108 Å². The minimum absolute atomic E-state index is 0.00396. The van der Waals surface area contributed by atoms with Gasteiger partial charge in [0.2, 0.25) is 5.88 Å². The molecular weight excluding hydrogens is 282 g/mol. The van der Waals surface area contributed by atoms with Crippen LogP contribution in [-0.2, 0) is 6.61 Å². The maximum atomic E-state index is 9.03. The fraction of sp³-hybridized carbons (Fsp3) is 0.154. The lowest BCUT2D eigenvalue weighted by molar-refractivity contribution is 0.281. The number of nitrogens with zero attached hydrogens (tertiary/aromatic N) is 1. The van der Waals surface area contributed by atoms with E-state index in [0.29, 0.717) is 11.6 Å². The first kappa shape index (κ1) is 12.1. The lowest BCUT2D eigenvalue weighted by atomic mass is 10.2. The molecule has 0 atom stereocenters. The molecule has 17 heavy (non-hydrogen) atoms. The molecule has 4 heteroatoms. The summed E-state index contributed by atoms with van der Waals surface area (Å²) in [6.45, 7) is 1.98. The quantitative estimate of drug-likeness (QED) is 0.943. The summed E-state index contributed by atoms with van der Waals surface area (Å²) in [6, 6.07) is 9.16. The van der Waals surface area contributed by atoms with Gasteiger partial charge in [-0.25, -0.2) is 4.98 Å². The molecule has 1 aromatic carbocycles. The predicted molar refractivity (Wildman–Crippen MR) is 69.1 cm³/mol. The third kappa shape index (κ3) is 3.05. The molecule has 0 aliphatic heterocycles. The number of rotatable bonds is 3. The summed E-state index contributed by atoms with van der Waals surface area (Å²) in [7, 11) is 0. The Bertz CT molecular complexity index is 529. The molecule has 2 rings (SSSR count). The van der Waals surface area contributed by atoms with E-state index in [9.17, 15) is 0 Å². The van der Waals surface area contributed by atoms with Crippen molar-refractivity contribution in [2.45, 2.75) is 13.5 Å². The highest BCUT2D eigenvalue weighted by atomic mass is 79.9. The van der Waals surface area contributed by atoms with Crippen molar-refractivity contribution in [1.29, 1.82) is 0 Å². The standard InChI is InChI=1S/C13H12BrNO2/c1-9-5-13(15-7-12(9)14)17-11-4-2-3-10(6-11)8-16/h2-7,16H,8H2,1H3. The Hall–Kier alpha value is -1.39. The van der Waals surface area contributed by atoms with Crippen LogP contribution in [0.2, 0.25) is 0 Å². The van der Waals surface area contributed by atoms with Gasteiger partial charge in [0.15, 0.2) is 0 Å². The highest BCUT2D eigenvalue weighted by Gasteiger charge is 2.02. The summed E-state index contributed by atoms with van der Waals surface area (Å²) in [6.07, 6.45) is 1.71. The van der Waals surface area contributed by atoms with Gasteiger partial charge in [0.05, 0.1) is 6.61 Å². The zero-order valence-electron chi connectivity index (χ0n) is 9.35. The van der Waals surface area contributed by atoms with E-state index in [-0.39, 0.29) is 6.61 Å². The van der Waals surface area contributed by atoms with Crippen molar-refractivity contribution in [2.75, 3.05) is 0 Å². The van der Waals surface area contributed by atoms with E-state index in [1.165, 1.54) is 0 Å². The Morgan fingerprint density at radius 3 is 2.88 bits per heavy atom. The fourth-order valence-corrected chi connectivity index (χ4v) is 1.61. The zero-order chi connectivity index (χ0) is 12.3. The van der Waals surface area contributed by atoms with Crippen LogP contribution in [0.4, 0.5) is 0 Å². The molecule has 0 saturated heterocycles. The minimum Gasteiger partial charge on any atom is -0.439 e. The smallest absolute Gasteiger partial charge is 0.219 e. The van der Waals surface area contributed by atoms with Gasteiger partial charge in [0.25, 0.3) is 0 Å². The molecule has 2 aromatic rings. The Morgan fingerprint density at radius 1 is 1.35 bits per heavy atom. The first-order valence-electron chi connectivity index (χ1n) is 5.19. The highest BCUT2D eigenvalue weighted by molar-refractivity contribution is 9.10. The molecule has 0 aliphatic rings. The van der Waals surface area contributed by atoms with Gasteiger partial charge in [-0.3, -0.25) is 0 Å². The molecule has 1 N–H and O–H groups in total. The van der Waals surface area contributed by atoms with Gasteiger partial charge in [0, 0.05) is 16.7 Å². The van der Waals surface area contributed by atoms with E-state index in [1.807, 2.05) is 31.2 Å². The highest BCUT2D eigenvalue weighted by Crippen LogP contribution is 2.24. The molecule has 3 nitrogen and oxygen atoms in total. The first-order valence-corrected chi connectivity index (χ1v) is 5.98. The summed E-state index contributed by atoms with van der Waals surface area (Å²) in [5.41, 5.74) is 1.88. The molecule has 0 saturated carbocycles. The number of ether oxygens (including phenoxy) is 1. The maximum absolute atomic E-state index is 9.03. The van der Waals surface area contributed by atoms with Crippen molar-refractivity contribution in [3.05, 3.63) is 52.1 Å². The Kier molecular flexibility index (Phi) is 3.76. The first-order chi connectivity index (χ1) is 8.19. The van der Waals surface area contributed by atoms with Gasteiger partial charge in [-0.1, -0.05) is 12.1 Å². The molecule has 0 amide bonds. The minimum atomic E-state index is 0.00396. The van der Waals surface area contributed by atoms with Crippen molar-refractivity contribution in [3.63, 3.8) is 0 Å². The number of aliphatic hydroxyl groups excluding tert-OH is 1. The summed E-state index contributed by atoms with van der Waals surface area (Å²) < 4.78 is 6.57. The molecule has 0 aliphatic carbocycles. The number of halogens is 1. The summed E-state index contributed by atoms with van der Waals surface area (Å²) >= 11 is 3.39. The van der Waals surface area contributed by atoms with E-state index in [1.54, 1.807) is 12.3 Å². The van der Waals surface area contributed by atoms with Gasteiger partial charge in [0.1, 0.15) is 5.75 Å². The van der Waals surface area contributed by atoms with Gasteiger partial charge in [-0.2, -0.15) is 0 Å². The molecule has 0 spiro atoms. The van der Waals surface area contributed by atoms with Crippen LogP contribution in [0.5, 0.6) is 11.6 Å². The summed E-state index contributed by atoms with van der Waals surface area (Å²) in [5, 5.41) is 9.03. The van der Waals surface area contributed by atoms with E-state index in [2.05, 4.69) is 20.9 Å². The lowest BCUT2D eigenvalue weighted by Gasteiger charge is -2.07. The van der Waals surface area contributed by atoms with Crippen LogP contribution in [0.1, 0.15) is 11.1 Å². The predicted octanol–water partition coefficient (Wildman–Crippen LogP) is 3.44. The number of aliphatic hydroxyl groups is 1. The van der Waals surface area contributed by atoms with E-state index in [0.717, 1.165) is 15.6 Å². The molecular formula is C13H12BrNO2. The van der Waals surface area contributed by atoms with Crippen LogP contribution in [0, 0.1) is 6.92 Å². The number of benzene rings is 1. The topological polar surface area (TPSA) is 42.4 Å². The fourth-order valence-electron chi connectivity index (χ4n) is 1.40. The maximum Gasteiger partial charge on any atom is 0.219 e. The third-order valence-electron chi connectivity index (χ3n) is 2.33.